The second-order valence-corrected chi connectivity index (χ2v) is 5.42. The molecule has 2 N–H and O–H groups in total. The van der Waals surface area contributed by atoms with E-state index in [1.165, 1.54) is 0 Å². The molecule has 22 heavy (non-hydrogen) atoms. The minimum atomic E-state index is -0.850. The van der Waals surface area contributed by atoms with Crippen molar-refractivity contribution in [3.63, 3.8) is 0 Å². The van der Waals surface area contributed by atoms with Crippen molar-refractivity contribution < 1.29 is 29.6 Å². The van der Waals surface area contributed by atoms with Gasteiger partial charge in [0.05, 0.1) is 0 Å². The third kappa shape index (κ3) is 2.75. The lowest BCUT2D eigenvalue weighted by Gasteiger charge is -2.35. The summed E-state index contributed by atoms with van der Waals surface area (Å²) >= 11 is 0. The van der Waals surface area contributed by atoms with E-state index in [4.69, 9.17) is 20.0 Å². The molecular formula is C16H16O6. The Balaban J connectivity index is 1.97. The monoisotopic (exact) mass is 304 g/mol. The van der Waals surface area contributed by atoms with Crippen molar-refractivity contribution >= 4 is 11.9 Å². The molecule has 2 heterocycles. The Morgan fingerprint density at radius 3 is 1.59 bits per heavy atom. The van der Waals surface area contributed by atoms with Crippen LogP contribution in [0, 0.1) is 0 Å². The standard InChI is InChI=1S/C16H16O6/c17-13(18)7-3-9-1-2-10(4-8-14(19)20)16-12-6-5-11(15(9)16)21-22-12/h1-2,5-6,11-12H,3-4,7-8H2,(H,17,18)(H,19,20)/t11-,12+. The number of rotatable bonds is 6. The van der Waals surface area contributed by atoms with Gasteiger partial charge in [0.1, 0.15) is 12.2 Å². The van der Waals surface area contributed by atoms with Gasteiger partial charge in [-0.1, -0.05) is 12.1 Å². The topological polar surface area (TPSA) is 93.1 Å². The summed E-state index contributed by atoms with van der Waals surface area (Å²) in [6, 6.07) is 3.74. The van der Waals surface area contributed by atoms with Gasteiger partial charge in [-0.15, -0.1) is 0 Å². The van der Waals surface area contributed by atoms with Gasteiger partial charge in [0.15, 0.2) is 0 Å². The molecule has 0 saturated carbocycles. The maximum absolute atomic E-state index is 10.8. The first kappa shape index (κ1) is 14.7. The van der Waals surface area contributed by atoms with Crippen LogP contribution in [0.5, 0.6) is 0 Å². The van der Waals surface area contributed by atoms with Crippen LogP contribution >= 0.6 is 0 Å². The van der Waals surface area contributed by atoms with Crippen molar-refractivity contribution in [1.82, 2.24) is 0 Å². The Hall–Kier alpha value is -2.18. The highest BCUT2D eigenvalue weighted by molar-refractivity contribution is 5.68. The molecule has 3 aliphatic rings. The fourth-order valence-corrected chi connectivity index (χ4v) is 2.99. The Bertz CT molecular complexity index is 593. The summed E-state index contributed by atoms with van der Waals surface area (Å²) in [5.74, 6) is -1.70. The summed E-state index contributed by atoms with van der Waals surface area (Å²) in [4.78, 5) is 32.2. The van der Waals surface area contributed by atoms with Gasteiger partial charge in [-0.25, -0.2) is 9.78 Å². The third-order valence-electron chi connectivity index (χ3n) is 3.98. The molecule has 6 nitrogen and oxygen atoms in total. The molecule has 2 bridgehead atoms. The zero-order chi connectivity index (χ0) is 15.7. The molecule has 1 aromatic rings. The van der Waals surface area contributed by atoms with Crippen LogP contribution in [0.4, 0.5) is 0 Å². The summed E-state index contributed by atoms with van der Waals surface area (Å²) in [5, 5.41) is 17.8. The van der Waals surface area contributed by atoms with Crippen molar-refractivity contribution in [2.24, 2.45) is 0 Å². The van der Waals surface area contributed by atoms with Crippen LogP contribution in [0.25, 0.3) is 0 Å². The van der Waals surface area contributed by atoms with E-state index in [0.717, 1.165) is 22.3 Å². The molecule has 1 aromatic carbocycles. The number of hydrogen-bond donors (Lipinski definition) is 2. The van der Waals surface area contributed by atoms with Crippen LogP contribution < -0.4 is 0 Å². The lowest BCUT2D eigenvalue weighted by Crippen LogP contribution is -2.25. The lowest BCUT2D eigenvalue weighted by atomic mass is 9.82. The summed E-state index contributed by atoms with van der Waals surface area (Å²) in [7, 11) is 0. The molecule has 0 spiro atoms. The average molecular weight is 304 g/mol. The third-order valence-corrected chi connectivity index (χ3v) is 3.98. The number of benzene rings is 1. The largest absolute Gasteiger partial charge is 0.481 e. The van der Waals surface area contributed by atoms with E-state index in [-0.39, 0.29) is 25.0 Å². The number of carbonyl (C=O) groups is 2. The summed E-state index contributed by atoms with van der Waals surface area (Å²) in [5.41, 5.74) is 3.70. The van der Waals surface area contributed by atoms with E-state index in [1.807, 2.05) is 24.3 Å². The summed E-state index contributed by atoms with van der Waals surface area (Å²) < 4.78 is 0. The SMILES string of the molecule is O=C(O)CCc1ccc(CCC(=O)O)c2c1[C@@H]1C=C[C@H]2OO1. The van der Waals surface area contributed by atoms with Gasteiger partial charge in [-0.2, -0.15) is 0 Å². The maximum Gasteiger partial charge on any atom is 0.303 e. The van der Waals surface area contributed by atoms with E-state index in [9.17, 15) is 9.59 Å². The van der Waals surface area contributed by atoms with Gasteiger partial charge in [0.2, 0.25) is 0 Å². The Morgan fingerprint density at radius 2 is 1.27 bits per heavy atom. The predicted molar refractivity (Wildman–Crippen MR) is 75.1 cm³/mol. The quantitative estimate of drug-likeness (QED) is 0.619. The fourth-order valence-electron chi connectivity index (χ4n) is 2.99. The van der Waals surface area contributed by atoms with Crippen molar-refractivity contribution in [1.29, 1.82) is 0 Å². The van der Waals surface area contributed by atoms with Crippen LogP contribution in [0.3, 0.4) is 0 Å². The maximum atomic E-state index is 10.8. The number of carboxylic acids is 2. The molecule has 4 rings (SSSR count). The van der Waals surface area contributed by atoms with Gasteiger partial charge >= 0.3 is 11.9 Å². The van der Waals surface area contributed by atoms with Crippen LogP contribution in [0.1, 0.15) is 47.3 Å². The Kier molecular flexibility index (Phi) is 3.96. The zero-order valence-corrected chi connectivity index (χ0v) is 11.8. The molecule has 1 aliphatic carbocycles. The van der Waals surface area contributed by atoms with Gasteiger partial charge in [-0.05, 0) is 47.2 Å². The van der Waals surface area contributed by atoms with Crippen molar-refractivity contribution in [2.75, 3.05) is 0 Å². The number of hydrogen-bond acceptors (Lipinski definition) is 4. The first-order valence-corrected chi connectivity index (χ1v) is 7.15. The van der Waals surface area contributed by atoms with Crippen molar-refractivity contribution in [3.05, 3.63) is 46.5 Å². The number of fused-ring (bicyclic) bond motifs is 1. The van der Waals surface area contributed by atoms with Gasteiger partial charge < -0.3 is 10.2 Å². The highest BCUT2D eigenvalue weighted by atomic mass is 17.2. The average Bonchev–Trinajstić information content (AvgIpc) is 2.52. The first-order valence-electron chi connectivity index (χ1n) is 7.15. The van der Waals surface area contributed by atoms with Crippen molar-refractivity contribution in [2.45, 2.75) is 37.9 Å². The molecule has 0 radical (unpaired) electrons. The van der Waals surface area contributed by atoms with E-state index in [1.54, 1.807) is 0 Å². The molecule has 0 aromatic heterocycles. The molecular weight excluding hydrogens is 288 g/mol. The second kappa shape index (κ2) is 5.90. The van der Waals surface area contributed by atoms with E-state index in [2.05, 4.69) is 0 Å². The summed E-state index contributed by atoms with van der Waals surface area (Å²) in [6.45, 7) is 0. The number of aryl methyl sites for hydroxylation is 2. The molecule has 0 amide bonds. The number of carboxylic acid groups (broad SMARTS) is 2. The van der Waals surface area contributed by atoms with Gasteiger partial charge in [-0.3, -0.25) is 9.59 Å². The highest BCUT2D eigenvalue weighted by Gasteiger charge is 2.35. The first-order chi connectivity index (χ1) is 10.6. The molecule has 6 heteroatoms. The fraction of sp³-hybridized carbons (Fsp3) is 0.375. The molecule has 0 fully saturated rings. The normalized spacial score (nSPS) is 21.6. The Labute approximate surface area is 126 Å². The van der Waals surface area contributed by atoms with Crippen LogP contribution in [-0.4, -0.2) is 22.2 Å². The van der Waals surface area contributed by atoms with Crippen LogP contribution in [-0.2, 0) is 32.2 Å². The minimum Gasteiger partial charge on any atom is -0.481 e. The van der Waals surface area contributed by atoms with E-state index < -0.39 is 11.9 Å². The van der Waals surface area contributed by atoms with E-state index >= 15 is 0 Å². The molecule has 2 atom stereocenters. The van der Waals surface area contributed by atoms with Gasteiger partial charge in [0.25, 0.3) is 0 Å². The molecule has 2 aliphatic heterocycles. The van der Waals surface area contributed by atoms with E-state index in [0.29, 0.717) is 12.8 Å². The predicted octanol–water partition coefficient (Wildman–Crippen LogP) is 2.33. The Morgan fingerprint density at radius 1 is 0.864 bits per heavy atom. The summed E-state index contributed by atoms with van der Waals surface area (Å²) in [6.07, 6.45) is 3.99. The van der Waals surface area contributed by atoms with Crippen molar-refractivity contribution in [3.8, 4) is 0 Å². The highest BCUT2D eigenvalue weighted by Crippen LogP contribution is 2.45. The molecule has 116 valence electrons. The van der Waals surface area contributed by atoms with Crippen LogP contribution in [0.2, 0.25) is 0 Å². The molecule has 0 saturated heterocycles. The number of aliphatic carboxylic acids is 2. The lowest BCUT2D eigenvalue weighted by molar-refractivity contribution is -0.355. The van der Waals surface area contributed by atoms with Gasteiger partial charge in [0, 0.05) is 12.8 Å². The zero-order valence-electron chi connectivity index (χ0n) is 11.8. The second-order valence-electron chi connectivity index (χ2n) is 5.42. The minimum absolute atomic E-state index is 0.0445. The molecule has 0 unspecified atom stereocenters. The van der Waals surface area contributed by atoms with Crippen LogP contribution in [0.15, 0.2) is 24.3 Å². The smallest absolute Gasteiger partial charge is 0.303 e.